The molecule has 0 saturated carbocycles. The summed E-state index contributed by atoms with van der Waals surface area (Å²) < 4.78 is 1.73. The van der Waals surface area contributed by atoms with E-state index < -0.39 is 0 Å². The number of aliphatic hydroxyl groups is 1. The molecule has 0 bridgehead atoms. The average molecular weight is 238 g/mol. The minimum Gasteiger partial charge on any atom is -0.396 e. The molecule has 2 rings (SSSR count). The number of thiazole rings is 1. The van der Waals surface area contributed by atoms with Gasteiger partial charge in [0.15, 0.2) is 0 Å². The predicted octanol–water partition coefficient (Wildman–Crippen LogP) is 1.18. The lowest BCUT2D eigenvalue weighted by molar-refractivity contribution is 0.298. The second kappa shape index (κ2) is 4.31. The van der Waals surface area contributed by atoms with Crippen LogP contribution < -0.4 is 0 Å². The monoisotopic (exact) mass is 238 g/mol. The van der Waals surface area contributed by atoms with Crippen molar-refractivity contribution >= 4 is 11.3 Å². The van der Waals surface area contributed by atoms with E-state index in [0.717, 1.165) is 22.2 Å². The molecule has 0 aromatic carbocycles. The molecule has 0 amide bonds. The lowest BCUT2D eigenvalue weighted by atomic mass is 10.3. The van der Waals surface area contributed by atoms with Crippen LogP contribution in [0.15, 0.2) is 0 Å². The summed E-state index contributed by atoms with van der Waals surface area (Å²) in [7, 11) is 0. The lowest BCUT2D eigenvalue weighted by Gasteiger charge is -1.97. The van der Waals surface area contributed by atoms with Crippen molar-refractivity contribution in [2.45, 2.75) is 27.2 Å². The third-order valence-corrected chi connectivity index (χ3v) is 3.59. The van der Waals surface area contributed by atoms with E-state index in [4.69, 9.17) is 5.11 Å². The van der Waals surface area contributed by atoms with Gasteiger partial charge in [-0.1, -0.05) is 16.6 Å². The maximum absolute atomic E-state index is 8.88. The topological polar surface area (TPSA) is 63.8 Å². The fourth-order valence-corrected chi connectivity index (χ4v) is 2.34. The Morgan fingerprint density at radius 3 is 2.62 bits per heavy atom. The molecule has 2 heterocycles. The molecule has 0 aliphatic heterocycles. The van der Waals surface area contributed by atoms with Gasteiger partial charge in [0.1, 0.15) is 0 Å². The van der Waals surface area contributed by atoms with Crippen LogP contribution in [0, 0.1) is 20.8 Å². The van der Waals surface area contributed by atoms with Crippen molar-refractivity contribution in [1.82, 2.24) is 20.0 Å². The normalized spacial score (nSPS) is 11.0. The quantitative estimate of drug-likeness (QED) is 0.872. The van der Waals surface area contributed by atoms with E-state index in [1.807, 2.05) is 20.8 Å². The van der Waals surface area contributed by atoms with Crippen molar-refractivity contribution in [3.05, 3.63) is 22.0 Å². The van der Waals surface area contributed by atoms with Crippen LogP contribution in [0.1, 0.15) is 22.0 Å². The van der Waals surface area contributed by atoms with Gasteiger partial charge in [0, 0.05) is 17.9 Å². The predicted molar refractivity (Wildman–Crippen MR) is 62.0 cm³/mol. The largest absolute Gasteiger partial charge is 0.396 e. The van der Waals surface area contributed by atoms with Crippen LogP contribution in [-0.4, -0.2) is 31.7 Å². The Balaban J connectivity index is 2.40. The Morgan fingerprint density at radius 1 is 1.31 bits per heavy atom. The zero-order valence-electron chi connectivity index (χ0n) is 9.56. The van der Waals surface area contributed by atoms with Crippen LogP contribution in [0.3, 0.4) is 0 Å². The molecule has 0 aliphatic carbocycles. The number of rotatable bonds is 3. The number of nitrogens with zero attached hydrogens (tertiary/aromatic N) is 4. The Kier molecular flexibility index (Phi) is 3.02. The fourth-order valence-electron chi connectivity index (χ4n) is 1.43. The second-order valence-corrected chi connectivity index (χ2v) is 4.83. The van der Waals surface area contributed by atoms with E-state index in [1.54, 1.807) is 16.0 Å². The van der Waals surface area contributed by atoms with Gasteiger partial charge in [-0.25, -0.2) is 4.98 Å². The third kappa shape index (κ3) is 1.85. The van der Waals surface area contributed by atoms with Crippen molar-refractivity contribution < 1.29 is 5.11 Å². The van der Waals surface area contributed by atoms with Gasteiger partial charge in [-0.2, -0.15) is 4.68 Å². The maximum atomic E-state index is 8.88. The SMILES string of the molecule is Cc1nc(-n2nnc(CCO)c2C)sc1C. The summed E-state index contributed by atoms with van der Waals surface area (Å²) in [4.78, 5) is 5.62. The number of aryl methyl sites for hydroxylation is 2. The fraction of sp³-hybridized carbons (Fsp3) is 0.500. The second-order valence-electron chi connectivity index (χ2n) is 3.64. The summed E-state index contributed by atoms with van der Waals surface area (Å²) in [5, 5.41) is 17.8. The molecule has 0 radical (unpaired) electrons. The number of hydrogen-bond acceptors (Lipinski definition) is 5. The van der Waals surface area contributed by atoms with Crippen LogP contribution in [0.5, 0.6) is 0 Å². The van der Waals surface area contributed by atoms with Crippen molar-refractivity contribution in [3.63, 3.8) is 0 Å². The first-order chi connectivity index (χ1) is 7.63. The summed E-state index contributed by atoms with van der Waals surface area (Å²) in [5.74, 6) is 0. The summed E-state index contributed by atoms with van der Waals surface area (Å²) in [6.07, 6.45) is 0.537. The lowest BCUT2D eigenvalue weighted by Crippen LogP contribution is -1.99. The van der Waals surface area contributed by atoms with Crippen molar-refractivity contribution in [1.29, 1.82) is 0 Å². The molecule has 16 heavy (non-hydrogen) atoms. The minimum absolute atomic E-state index is 0.0927. The first-order valence-electron chi connectivity index (χ1n) is 5.10. The third-order valence-electron chi connectivity index (χ3n) is 2.54. The van der Waals surface area contributed by atoms with Gasteiger partial charge >= 0.3 is 0 Å². The van der Waals surface area contributed by atoms with Gasteiger partial charge in [0.25, 0.3) is 0 Å². The van der Waals surface area contributed by atoms with E-state index in [0.29, 0.717) is 6.42 Å². The first-order valence-corrected chi connectivity index (χ1v) is 5.91. The van der Waals surface area contributed by atoms with Gasteiger partial charge in [-0.05, 0) is 20.8 Å². The highest BCUT2D eigenvalue weighted by Crippen LogP contribution is 2.21. The van der Waals surface area contributed by atoms with Crippen LogP contribution in [0.25, 0.3) is 5.13 Å². The van der Waals surface area contributed by atoms with E-state index in [9.17, 15) is 0 Å². The standard InChI is InChI=1S/C10H14N4OS/c1-6-8(3)16-10(11-6)14-7(2)9(4-5-15)12-13-14/h15H,4-5H2,1-3H3. The Hall–Kier alpha value is -1.27. The Labute approximate surface area is 97.8 Å². The van der Waals surface area contributed by atoms with E-state index in [2.05, 4.69) is 15.3 Å². The number of aliphatic hydroxyl groups excluding tert-OH is 1. The molecule has 1 N–H and O–H groups in total. The molecular weight excluding hydrogens is 224 g/mol. The van der Waals surface area contributed by atoms with Crippen LogP contribution in [0.4, 0.5) is 0 Å². The van der Waals surface area contributed by atoms with Crippen LogP contribution in [-0.2, 0) is 6.42 Å². The van der Waals surface area contributed by atoms with Crippen LogP contribution in [0.2, 0.25) is 0 Å². The zero-order valence-corrected chi connectivity index (χ0v) is 10.4. The Morgan fingerprint density at radius 2 is 2.06 bits per heavy atom. The maximum Gasteiger partial charge on any atom is 0.212 e. The highest BCUT2D eigenvalue weighted by molar-refractivity contribution is 7.14. The summed E-state index contributed by atoms with van der Waals surface area (Å²) >= 11 is 1.60. The molecule has 0 spiro atoms. The molecule has 0 fully saturated rings. The van der Waals surface area contributed by atoms with Gasteiger partial charge < -0.3 is 5.11 Å². The van der Waals surface area contributed by atoms with Crippen molar-refractivity contribution in [3.8, 4) is 5.13 Å². The molecule has 2 aromatic rings. The van der Waals surface area contributed by atoms with Gasteiger partial charge in [0.05, 0.1) is 17.1 Å². The summed E-state index contributed by atoms with van der Waals surface area (Å²) in [5.41, 5.74) is 2.80. The van der Waals surface area contributed by atoms with Gasteiger partial charge in [-0.15, -0.1) is 5.10 Å². The zero-order chi connectivity index (χ0) is 11.7. The van der Waals surface area contributed by atoms with E-state index in [1.165, 1.54) is 4.88 Å². The summed E-state index contributed by atoms with van der Waals surface area (Å²) in [6.45, 7) is 6.06. The smallest absolute Gasteiger partial charge is 0.212 e. The van der Waals surface area contributed by atoms with Crippen molar-refractivity contribution in [2.24, 2.45) is 0 Å². The van der Waals surface area contributed by atoms with Gasteiger partial charge in [0.2, 0.25) is 5.13 Å². The van der Waals surface area contributed by atoms with Gasteiger partial charge in [-0.3, -0.25) is 0 Å². The molecular formula is C10H14N4OS. The molecule has 86 valence electrons. The van der Waals surface area contributed by atoms with Crippen molar-refractivity contribution in [2.75, 3.05) is 6.61 Å². The Bertz CT molecular complexity index is 483. The average Bonchev–Trinajstić information content (AvgIpc) is 2.74. The molecule has 0 unspecified atom stereocenters. The number of aromatic nitrogens is 4. The highest BCUT2D eigenvalue weighted by atomic mass is 32.1. The number of hydrogen-bond donors (Lipinski definition) is 1. The summed E-state index contributed by atoms with van der Waals surface area (Å²) in [6, 6.07) is 0. The molecule has 0 saturated heterocycles. The van der Waals surface area contributed by atoms with E-state index in [-0.39, 0.29) is 6.61 Å². The molecule has 5 nitrogen and oxygen atoms in total. The first kappa shape index (κ1) is 11.2. The molecule has 0 atom stereocenters. The van der Waals surface area contributed by atoms with E-state index >= 15 is 0 Å². The van der Waals surface area contributed by atoms with Crippen LogP contribution >= 0.6 is 11.3 Å². The molecule has 2 aromatic heterocycles. The molecule has 6 heteroatoms. The molecule has 0 aliphatic rings. The highest BCUT2D eigenvalue weighted by Gasteiger charge is 2.13. The minimum atomic E-state index is 0.0927.